The lowest BCUT2D eigenvalue weighted by molar-refractivity contribution is -0.148. The molecule has 2 heterocycles. The van der Waals surface area contributed by atoms with Gasteiger partial charge in [0.1, 0.15) is 11.2 Å². The first-order chi connectivity index (χ1) is 8.14. The fraction of sp³-hybridized carbons (Fsp3) is 0.500. The van der Waals surface area contributed by atoms with E-state index in [2.05, 4.69) is 15.5 Å². The molecule has 2 rings (SSSR count). The van der Waals surface area contributed by atoms with Crippen LogP contribution >= 0.6 is 0 Å². The van der Waals surface area contributed by atoms with Crippen molar-refractivity contribution < 1.29 is 19.4 Å². The third-order valence-electron chi connectivity index (χ3n) is 2.85. The number of aliphatic carboxylic acids is 1. The number of nitrogens with one attached hydrogen (secondary N) is 2. The van der Waals surface area contributed by atoms with Crippen molar-refractivity contribution in [3.05, 3.63) is 18.0 Å². The third-order valence-corrected chi connectivity index (χ3v) is 2.85. The maximum absolute atomic E-state index is 11.8. The minimum absolute atomic E-state index is 0.247. The van der Waals surface area contributed by atoms with Gasteiger partial charge in [-0.15, -0.1) is 0 Å². The number of rotatable bonds is 3. The zero-order valence-electron chi connectivity index (χ0n) is 9.10. The topological polar surface area (TPSA) is 104 Å². The van der Waals surface area contributed by atoms with Crippen LogP contribution in [0.2, 0.25) is 0 Å². The van der Waals surface area contributed by atoms with E-state index in [1.807, 2.05) is 0 Å². The molecule has 0 radical (unpaired) electrons. The second-order valence-electron chi connectivity index (χ2n) is 3.92. The fourth-order valence-electron chi connectivity index (χ4n) is 1.78. The summed E-state index contributed by atoms with van der Waals surface area (Å²) < 4.78 is 5.11. The molecule has 3 N–H and O–H groups in total. The number of carboxylic acid groups (broad SMARTS) is 1. The average molecular weight is 239 g/mol. The molecular formula is C10H13N3O4. The van der Waals surface area contributed by atoms with Crippen LogP contribution in [0.25, 0.3) is 0 Å². The van der Waals surface area contributed by atoms with Gasteiger partial charge in [-0.05, 0) is 6.07 Å². The van der Waals surface area contributed by atoms with Crippen molar-refractivity contribution in [1.29, 1.82) is 0 Å². The lowest BCUT2D eigenvalue weighted by Crippen LogP contribution is -2.57. The predicted octanol–water partition coefficient (Wildman–Crippen LogP) is -0.227. The summed E-state index contributed by atoms with van der Waals surface area (Å²) in [5.41, 5.74) is -0.988. The summed E-state index contributed by atoms with van der Waals surface area (Å²) in [6.45, 7) is 0.658. The Morgan fingerprint density at radius 3 is 2.71 bits per heavy atom. The van der Waals surface area contributed by atoms with Crippen LogP contribution in [0, 0.1) is 0 Å². The van der Waals surface area contributed by atoms with Crippen molar-refractivity contribution in [1.82, 2.24) is 15.5 Å². The minimum atomic E-state index is -1.24. The number of aromatic amines is 1. The van der Waals surface area contributed by atoms with Crippen LogP contribution in [0.5, 0.6) is 0 Å². The molecule has 1 saturated heterocycles. The number of hydrogen-bond acceptors (Lipinski definition) is 4. The third kappa shape index (κ3) is 2.28. The Morgan fingerprint density at radius 2 is 2.18 bits per heavy atom. The molecule has 92 valence electrons. The SMILES string of the molecule is O=C(NC1(C(=O)O)CCOCC1)c1ccn[nH]1. The fourth-order valence-corrected chi connectivity index (χ4v) is 1.78. The lowest BCUT2D eigenvalue weighted by Gasteiger charge is -2.33. The number of nitrogens with zero attached hydrogens (tertiary/aromatic N) is 1. The van der Waals surface area contributed by atoms with Gasteiger partial charge in [0.05, 0.1) is 0 Å². The monoisotopic (exact) mass is 239 g/mol. The molecule has 1 fully saturated rings. The van der Waals surface area contributed by atoms with Gasteiger partial charge in [0.25, 0.3) is 5.91 Å². The molecule has 0 unspecified atom stereocenters. The molecule has 1 aromatic rings. The Kier molecular flexibility index (Phi) is 3.10. The van der Waals surface area contributed by atoms with E-state index in [-0.39, 0.29) is 18.5 Å². The molecule has 1 amide bonds. The predicted molar refractivity (Wildman–Crippen MR) is 56.5 cm³/mol. The molecule has 0 aliphatic carbocycles. The van der Waals surface area contributed by atoms with Gasteiger partial charge in [-0.1, -0.05) is 0 Å². The van der Waals surface area contributed by atoms with Crippen molar-refractivity contribution in [2.75, 3.05) is 13.2 Å². The number of carbonyl (C=O) groups excluding carboxylic acids is 1. The molecule has 0 saturated carbocycles. The van der Waals surface area contributed by atoms with Gasteiger partial charge in [-0.25, -0.2) is 4.79 Å². The van der Waals surface area contributed by atoms with Crippen LogP contribution in [0.15, 0.2) is 12.3 Å². The number of hydrogen-bond donors (Lipinski definition) is 3. The molecule has 0 aromatic carbocycles. The summed E-state index contributed by atoms with van der Waals surface area (Å²) in [5.74, 6) is -1.50. The average Bonchev–Trinajstić information content (AvgIpc) is 2.83. The summed E-state index contributed by atoms with van der Waals surface area (Å²) in [5, 5.41) is 17.9. The number of carboxylic acids is 1. The van der Waals surface area contributed by atoms with E-state index in [0.717, 1.165) is 0 Å². The van der Waals surface area contributed by atoms with Crippen LogP contribution in [0.4, 0.5) is 0 Å². The van der Waals surface area contributed by atoms with Gasteiger partial charge in [-0.3, -0.25) is 9.89 Å². The highest BCUT2D eigenvalue weighted by atomic mass is 16.5. The lowest BCUT2D eigenvalue weighted by atomic mass is 9.90. The molecule has 0 atom stereocenters. The summed E-state index contributed by atoms with van der Waals surface area (Å²) in [6, 6.07) is 1.49. The van der Waals surface area contributed by atoms with Crippen molar-refractivity contribution in [2.45, 2.75) is 18.4 Å². The molecular weight excluding hydrogens is 226 g/mol. The maximum Gasteiger partial charge on any atom is 0.329 e. The van der Waals surface area contributed by atoms with Gasteiger partial charge in [0.2, 0.25) is 0 Å². The molecule has 1 aliphatic rings. The molecule has 0 bridgehead atoms. The molecule has 1 aliphatic heterocycles. The zero-order valence-corrected chi connectivity index (χ0v) is 9.10. The first-order valence-electron chi connectivity index (χ1n) is 5.27. The van der Waals surface area contributed by atoms with Gasteiger partial charge < -0.3 is 15.2 Å². The highest BCUT2D eigenvalue weighted by molar-refractivity contribution is 5.96. The van der Waals surface area contributed by atoms with Crippen molar-refractivity contribution >= 4 is 11.9 Å². The largest absolute Gasteiger partial charge is 0.480 e. The highest BCUT2D eigenvalue weighted by Crippen LogP contribution is 2.21. The Balaban J connectivity index is 2.13. The van der Waals surface area contributed by atoms with Crippen molar-refractivity contribution in [3.8, 4) is 0 Å². The smallest absolute Gasteiger partial charge is 0.329 e. The van der Waals surface area contributed by atoms with Crippen LogP contribution in [-0.4, -0.2) is 45.9 Å². The van der Waals surface area contributed by atoms with E-state index in [0.29, 0.717) is 13.2 Å². The Morgan fingerprint density at radius 1 is 1.47 bits per heavy atom. The summed E-state index contributed by atoms with van der Waals surface area (Å²) in [7, 11) is 0. The van der Waals surface area contributed by atoms with Gasteiger partial charge in [0, 0.05) is 32.3 Å². The first kappa shape index (κ1) is 11.6. The van der Waals surface area contributed by atoms with E-state index < -0.39 is 17.4 Å². The Bertz CT molecular complexity index is 409. The van der Waals surface area contributed by atoms with E-state index in [4.69, 9.17) is 4.74 Å². The summed E-state index contributed by atoms with van der Waals surface area (Å²) in [4.78, 5) is 23.1. The first-order valence-corrected chi connectivity index (χ1v) is 5.27. The van der Waals surface area contributed by atoms with Crippen LogP contribution in [0.1, 0.15) is 23.3 Å². The van der Waals surface area contributed by atoms with E-state index in [9.17, 15) is 14.7 Å². The molecule has 7 nitrogen and oxygen atoms in total. The second-order valence-corrected chi connectivity index (χ2v) is 3.92. The molecule has 0 spiro atoms. The number of H-pyrrole nitrogens is 1. The van der Waals surface area contributed by atoms with Crippen LogP contribution in [0.3, 0.4) is 0 Å². The molecule has 17 heavy (non-hydrogen) atoms. The Hall–Kier alpha value is -1.89. The van der Waals surface area contributed by atoms with Crippen LogP contribution in [-0.2, 0) is 9.53 Å². The summed E-state index contributed by atoms with van der Waals surface area (Å²) in [6.07, 6.45) is 1.97. The highest BCUT2D eigenvalue weighted by Gasteiger charge is 2.41. The molecule has 7 heteroatoms. The van der Waals surface area contributed by atoms with Gasteiger partial charge in [0.15, 0.2) is 0 Å². The zero-order chi connectivity index (χ0) is 12.3. The summed E-state index contributed by atoms with van der Waals surface area (Å²) >= 11 is 0. The normalized spacial score (nSPS) is 18.6. The Labute approximate surface area is 97.2 Å². The number of carbonyl (C=O) groups is 2. The second kappa shape index (κ2) is 4.54. The van der Waals surface area contributed by atoms with Crippen LogP contribution < -0.4 is 5.32 Å². The van der Waals surface area contributed by atoms with Crippen molar-refractivity contribution in [3.63, 3.8) is 0 Å². The van der Waals surface area contributed by atoms with Crippen molar-refractivity contribution in [2.24, 2.45) is 0 Å². The molecule has 1 aromatic heterocycles. The minimum Gasteiger partial charge on any atom is -0.480 e. The number of ether oxygens (including phenoxy) is 1. The van der Waals surface area contributed by atoms with E-state index in [1.54, 1.807) is 0 Å². The van der Waals surface area contributed by atoms with E-state index >= 15 is 0 Å². The van der Waals surface area contributed by atoms with Gasteiger partial charge in [-0.2, -0.15) is 5.10 Å². The quantitative estimate of drug-likeness (QED) is 0.676. The number of aromatic nitrogens is 2. The maximum atomic E-state index is 11.8. The standard InChI is InChI=1S/C10H13N3O4/c14-8(7-1-4-11-13-7)12-10(9(15)16)2-5-17-6-3-10/h1,4H,2-3,5-6H2,(H,11,13)(H,12,14)(H,15,16). The number of amides is 1. The van der Waals surface area contributed by atoms with Gasteiger partial charge >= 0.3 is 5.97 Å². The van der Waals surface area contributed by atoms with E-state index in [1.165, 1.54) is 12.3 Å².